The van der Waals surface area contributed by atoms with Crippen molar-refractivity contribution in [3.8, 4) is 0 Å². The molecule has 1 fully saturated rings. The zero-order valence-electron chi connectivity index (χ0n) is 9.52. The van der Waals surface area contributed by atoms with Gasteiger partial charge in [0.05, 0.1) is 5.69 Å². The van der Waals surface area contributed by atoms with Crippen molar-refractivity contribution in [2.75, 3.05) is 20.2 Å². The van der Waals surface area contributed by atoms with Crippen LogP contribution in [0, 0.1) is 5.92 Å². The van der Waals surface area contributed by atoms with E-state index in [1.807, 2.05) is 18.2 Å². The van der Waals surface area contributed by atoms with Gasteiger partial charge in [-0.25, -0.2) is 0 Å². The maximum atomic E-state index is 4.94. The van der Waals surface area contributed by atoms with Crippen LogP contribution in [-0.4, -0.2) is 30.9 Å². The molecule has 0 amide bonds. The van der Waals surface area contributed by atoms with Crippen LogP contribution in [0.15, 0.2) is 29.6 Å². The molecule has 0 radical (unpaired) electrons. The summed E-state index contributed by atoms with van der Waals surface area (Å²) >= 11 is 0. The van der Waals surface area contributed by atoms with Crippen LogP contribution in [0.2, 0.25) is 0 Å². The molecule has 1 aliphatic rings. The Morgan fingerprint density at radius 1 is 1.44 bits per heavy atom. The molecule has 0 bridgehead atoms. The van der Waals surface area contributed by atoms with Gasteiger partial charge in [0.15, 0.2) is 0 Å². The van der Waals surface area contributed by atoms with Crippen LogP contribution in [0.4, 0.5) is 0 Å². The summed E-state index contributed by atoms with van der Waals surface area (Å²) in [6.45, 7) is 2.08. The number of piperidine rings is 1. The van der Waals surface area contributed by atoms with Crippen molar-refractivity contribution in [1.29, 1.82) is 0 Å². The van der Waals surface area contributed by atoms with Crippen LogP contribution < -0.4 is 5.32 Å². The third-order valence-corrected chi connectivity index (χ3v) is 2.84. The Morgan fingerprint density at radius 2 is 2.25 bits per heavy atom. The van der Waals surface area contributed by atoms with Gasteiger partial charge in [0.25, 0.3) is 0 Å². The van der Waals surface area contributed by atoms with Crippen LogP contribution in [-0.2, 0) is 4.84 Å². The molecule has 2 heterocycles. The van der Waals surface area contributed by atoms with Gasteiger partial charge in [0.2, 0.25) is 0 Å². The van der Waals surface area contributed by atoms with Crippen LogP contribution >= 0.6 is 0 Å². The van der Waals surface area contributed by atoms with E-state index in [9.17, 15) is 0 Å². The van der Waals surface area contributed by atoms with Crippen LogP contribution in [0.3, 0.4) is 0 Å². The van der Waals surface area contributed by atoms with Gasteiger partial charge < -0.3 is 10.2 Å². The average Bonchev–Trinajstić information content (AvgIpc) is 2.38. The Kier molecular flexibility index (Phi) is 3.88. The Morgan fingerprint density at radius 3 is 2.88 bits per heavy atom. The minimum atomic E-state index is 0.455. The number of nitrogens with one attached hydrogen (secondary N) is 1. The summed E-state index contributed by atoms with van der Waals surface area (Å²) in [6, 6.07) is 5.88. The van der Waals surface area contributed by atoms with E-state index in [0.29, 0.717) is 5.92 Å². The molecule has 0 aliphatic carbocycles. The van der Waals surface area contributed by atoms with Gasteiger partial charge >= 0.3 is 0 Å². The van der Waals surface area contributed by atoms with Crippen molar-refractivity contribution in [1.82, 2.24) is 10.3 Å². The number of oxime groups is 1. The van der Waals surface area contributed by atoms with Gasteiger partial charge in [0.1, 0.15) is 12.8 Å². The number of hydrogen-bond donors (Lipinski definition) is 1. The van der Waals surface area contributed by atoms with Gasteiger partial charge in [-0.1, -0.05) is 11.2 Å². The third-order valence-electron chi connectivity index (χ3n) is 2.84. The highest BCUT2D eigenvalue weighted by Gasteiger charge is 2.21. The van der Waals surface area contributed by atoms with Crippen molar-refractivity contribution >= 4 is 5.71 Å². The first-order valence-corrected chi connectivity index (χ1v) is 5.65. The highest BCUT2D eigenvalue weighted by Crippen LogP contribution is 2.18. The average molecular weight is 219 g/mol. The quantitative estimate of drug-likeness (QED) is 0.618. The normalized spacial score (nSPS) is 18.4. The monoisotopic (exact) mass is 219 g/mol. The number of nitrogens with zero attached hydrogens (tertiary/aromatic N) is 2. The SMILES string of the molecule is CO/N=C(\c1ccccn1)C1CCNCC1. The second kappa shape index (κ2) is 5.61. The first-order chi connectivity index (χ1) is 7.92. The molecule has 4 nitrogen and oxygen atoms in total. The topological polar surface area (TPSA) is 46.5 Å². The fraction of sp³-hybridized carbons (Fsp3) is 0.500. The second-order valence-electron chi connectivity index (χ2n) is 3.90. The van der Waals surface area contributed by atoms with E-state index in [-0.39, 0.29) is 0 Å². The predicted octanol–water partition coefficient (Wildman–Crippen LogP) is 1.43. The van der Waals surface area contributed by atoms with E-state index >= 15 is 0 Å². The molecule has 4 heteroatoms. The highest BCUT2D eigenvalue weighted by atomic mass is 16.6. The lowest BCUT2D eigenvalue weighted by molar-refractivity contribution is 0.210. The van der Waals surface area contributed by atoms with Crippen molar-refractivity contribution in [3.05, 3.63) is 30.1 Å². The van der Waals surface area contributed by atoms with Crippen LogP contribution in [0.1, 0.15) is 18.5 Å². The van der Waals surface area contributed by atoms with Gasteiger partial charge in [0, 0.05) is 12.1 Å². The molecule has 0 unspecified atom stereocenters. The molecule has 1 saturated heterocycles. The van der Waals surface area contributed by atoms with E-state index in [2.05, 4.69) is 15.5 Å². The van der Waals surface area contributed by atoms with E-state index < -0.39 is 0 Å². The molecule has 1 aromatic heterocycles. The van der Waals surface area contributed by atoms with Crippen molar-refractivity contribution in [2.45, 2.75) is 12.8 Å². The molecule has 86 valence electrons. The van der Waals surface area contributed by atoms with E-state index in [0.717, 1.165) is 37.3 Å². The molecular weight excluding hydrogens is 202 g/mol. The van der Waals surface area contributed by atoms with Gasteiger partial charge in [-0.15, -0.1) is 0 Å². The van der Waals surface area contributed by atoms with E-state index in [1.165, 1.54) is 0 Å². The van der Waals surface area contributed by atoms with Gasteiger partial charge in [-0.2, -0.15) is 0 Å². The summed E-state index contributed by atoms with van der Waals surface area (Å²) in [5.41, 5.74) is 1.90. The minimum absolute atomic E-state index is 0.455. The summed E-state index contributed by atoms with van der Waals surface area (Å²) in [5.74, 6) is 0.455. The lowest BCUT2D eigenvalue weighted by atomic mass is 9.91. The maximum Gasteiger partial charge on any atom is 0.108 e. The van der Waals surface area contributed by atoms with E-state index in [1.54, 1.807) is 13.3 Å². The predicted molar refractivity (Wildman–Crippen MR) is 63.4 cm³/mol. The standard InChI is InChI=1S/C12H17N3O/c1-16-15-12(10-5-8-13-9-6-10)11-4-2-3-7-14-11/h2-4,7,10,13H,5-6,8-9H2,1H3/b15-12-. The summed E-state index contributed by atoms with van der Waals surface area (Å²) in [5, 5.41) is 7.49. The van der Waals surface area contributed by atoms with Gasteiger partial charge in [-0.05, 0) is 38.1 Å². The number of aromatic nitrogens is 1. The summed E-state index contributed by atoms with van der Waals surface area (Å²) < 4.78 is 0. The minimum Gasteiger partial charge on any atom is -0.399 e. The molecule has 1 aliphatic heterocycles. The molecule has 16 heavy (non-hydrogen) atoms. The van der Waals surface area contributed by atoms with Crippen molar-refractivity contribution in [2.24, 2.45) is 11.1 Å². The molecule has 0 aromatic carbocycles. The molecule has 0 spiro atoms. The van der Waals surface area contributed by atoms with Crippen molar-refractivity contribution < 1.29 is 4.84 Å². The molecule has 1 aromatic rings. The van der Waals surface area contributed by atoms with Crippen LogP contribution in [0.25, 0.3) is 0 Å². The first-order valence-electron chi connectivity index (χ1n) is 5.65. The zero-order valence-corrected chi connectivity index (χ0v) is 9.52. The lowest BCUT2D eigenvalue weighted by Gasteiger charge is -2.23. The lowest BCUT2D eigenvalue weighted by Crippen LogP contribution is -2.32. The summed E-state index contributed by atoms with van der Waals surface area (Å²) in [6.07, 6.45) is 3.99. The fourth-order valence-corrected chi connectivity index (χ4v) is 2.04. The third kappa shape index (κ3) is 2.58. The van der Waals surface area contributed by atoms with E-state index in [4.69, 9.17) is 4.84 Å². The highest BCUT2D eigenvalue weighted by molar-refractivity contribution is 6.00. The smallest absolute Gasteiger partial charge is 0.108 e. The number of rotatable bonds is 3. The molecule has 2 rings (SSSR count). The van der Waals surface area contributed by atoms with Crippen molar-refractivity contribution in [3.63, 3.8) is 0 Å². The maximum absolute atomic E-state index is 4.94. The zero-order chi connectivity index (χ0) is 11.2. The molecule has 1 N–H and O–H groups in total. The number of hydrogen-bond acceptors (Lipinski definition) is 4. The van der Waals surface area contributed by atoms with Crippen LogP contribution in [0.5, 0.6) is 0 Å². The molecule has 0 atom stereocenters. The first kappa shape index (κ1) is 11.1. The Labute approximate surface area is 95.7 Å². The van der Waals surface area contributed by atoms with Gasteiger partial charge in [-0.3, -0.25) is 4.98 Å². The Bertz CT molecular complexity index is 345. The largest absolute Gasteiger partial charge is 0.399 e. The Hall–Kier alpha value is -1.42. The molecular formula is C12H17N3O. The number of pyridine rings is 1. The fourth-order valence-electron chi connectivity index (χ4n) is 2.04. The summed E-state index contributed by atoms with van der Waals surface area (Å²) in [4.78, 5) is 9.28. The Balaban J connectivity index is 2.20. The molecule has 0 saturated carbocycles. The second-order valence-corrected chi connectivity index (χ2v) is 3.90. The summed E-state index contributed by atoms with van der Waals surface area (Å²) in [7, 11) is 1.59.